The van der Waals surface area contributed by atoms with E-state index in [2.05, 4.69) is 25.9 Å². The number of tetrazole rings is 1. The number of carboxylic acids is 1. The van der Waals surface area contributed by atoms with Crippen LogP contribution in [0.4, 0.5) is 4.39 Å². The van der Waals surface area contributed by atoms with E-state index in [0.29, 0.717) is 29.9 Å². The molecule has 8 heteroatoms. The van der Waals surface area contributed by atoms with Crippen molar-refractivity contribution in [2.24, 2.45) is 11.8 Å². The van der Waals surface area contributed by atoms with Gasteiger partial charge in [-0.3, -0.25) is 4.79 Å². The number of carbonyl (C=O) groups is 1. The van der Waals surface area contributed by atoms with Crippen molar-refractivity contribution >= 4 is 11.5 Å². The van der Waals surface area contributed by atoms with Crippen LogP contribution in [0.15, 0.2) is 24.3 Å². The highest BCUT2D eigenvalue weighted by Gasteiger charge is 2.35. The summed E-state index contributed by atoms with van der Waals surface area (Å²) in [5.41, 5.74) is 2.22. The van der Waals surface area contributed by atoms with Crippen LogP contribution >= 0.6 is 0 Å². The van der Waals surface area contributed by atoms with Gasteiger partial charge in [0.25, 0.3) is 0 Å². The van der Waals surface area contributed by atoms with Crippen LogP contribution in [0.3, 0.4) is 0 Å². The molecule has 1 aliphatic heterocycles. The number of aromatic amines is 1. The highest BCUT2D eigenvalue weighted by atomic mass is 19.1. The van der Waals surface area contributed by atoms with E-state index in [0.717, 1.165) is 12.1 Å². The molecule has 138 valence electrons. The SMILES string of the molecule is CC(C)C(C(=O)O)C(Cc1ccc(C2=CCNC2)c(F)c1)c1nn[nH]n1. The van der Waals surface area contributed by atoms with Crippen LogP contribution in [0.25, 0.3) is 5.57 Å². The molecule has 0 spiro atoms. The molecule has 0 amide bonds. The number of benzene rings is 1. The highest BCUT2D eigenvalue weighted by Crippen LogP contribution is 2.32. The molecule has 3 rings (SSSR count). The van der Waals surface area contributed by atoms with E-state index < -0.39 is 17.8 Å². The number of halogens is 1. The van der Waals surface area contributed by atoms with Gasteiger partial charge in [-0.25, -0.2) is 4.39 Å². The molecule has 2 unspecified atom stereocenters. The van der Waals surface area contributed by atoms with Gasteiger partial charge in [-0.05, 0) is 29.5 Å². The summed E-state index contributed by atoms with van der Waals surface area (Å²) in [7, 11) is 0. The number of nitrogens with zero attached hydrogens (tertiary/aromatic N) is 3. The zero-order valence-electron chi connectivity index (χ0n) is 14.7. The number of hydrogen-bond donors (Lipinski definition) is 3. The van der Waals surface area contributed by atoms with Gasteiger partial charge in [0.1, 0.15) is 5.82 Å². The predicted molar refractivity (Wildman–Crippen MR) is 93.8 cm³/mol. The van der Waals surface area contributed by atoms with Gasteiger partial charge in [0.15, 0.2) is 5.82 Å². The van der Waals surface area contributed by atoms with Crippen LogP contribution in [-0.2, 0) is 11.2 Å². The fraction of sp³-hybridized carbons (Fsp3) is 0.444. The lowest BCUT2D eigenvalue weighted by Gasteiger charge is -2.24. The number of H-pyrrole nitrogens is 1. The minimum Gasteiger partial charge on any atom is -0.481 e. The van der Waals surface area contributed by atoms with E-state index in [9.17, 15) is 14.3 Å². The minimum absolute atomic E-state index is 0.130. The maximum atomic E-state index is 14.6. The quantitative estimate of drug-likeness (QED) is 0.699. The summed E-state index contributed by atoms with van der Waals surface area (Å²) in [5, 5.41) is 26.7. The minimum atomic E-state index is -0.922. The van der Waals surface area contributed by atoms with Crippen LogP contribution in [0, 0.1) is 17.7 Å². The largest absolute Gasteiger partial charge is 0.481 e. The molecule has 0 saturated carbocycles. The maximum absolute atomic E-state index is 14.6. The molecule has 2 aromatic rings. The Morgan fingerprint density at radius 3 is 2.73 bits per heavy atom. The second-order valence-corrected chi connectivity index (χ2v) is 6.86. The third kappa shape index (κ3) is 3.80. The van der Waals surface area contributed by atoms with Crippen molar-refractivity contribution in [3.8, 4) is 0 Å². The standard InChI is InChI=1S/C18H22FN5O2/c1-10(2)16(18(25)26)14(17-21-23-24-22-17)7-11-3-4-13(15(19)8-11)12-5-6-20-9-12/h3-5,8,10,14,16,20H,6-7,9H2,1-2H3,(H,25,26)(H,21,22,23,24). The Kier molecular flexibility index (Phi) is 5.41. The summed E-state index contributed by atoms with van der Waals surface area (Å²) in [6, 6.07) is 5.06. The molecular weight excluding hydrogens is 337 g/mol. The van der Waals surface area contributed by atoms with Crippen molar-refractivity contribution < 1.29 is 14.3 Å². The van der Waals surface area contributed by atoms with E-state index >= 15 is 0 Å². The average Bonchev–Trinajstić information content (AvgIpc) is 3.27. The van der Waals surface area contributed by atoms with Gasteiger partial charge >= 0.3 is 5.97 Å². The second kappa shape index (κ2) is 7.74. The van der Waals surface area contributed by atoms with Crippen molar-refractivity contribution in [2.45, 2.75) is 26.2 Å². The number of nitrogens with one attached hydrogen (secondary N) is 2. The first-order valence-electron chi connectivity index (χ1n) is 8.62. The van der Waals surface area contributed by atoms with E-state index in [1.807, 2.05) is 26.0 Å². The maximum Gasteiger partial charge on any atom is 0.307 e. The van der Waals surface area contributed by atoms with Gasteiger partial charge in [-0.2, -0.15) is 5.21 Å². The first-order valence-corrected chi connectivity index (χ1v) is 8.62. The van der Waals surface area contributed by atoms with Crippen molar-refractivity contribution in [1.29, 1.82) is 0 Å². The van der Waals surface area contributed by atoms with Crippen molar-refractivity contribution in [2.75, 3.05) is 13.1 Å². The molecule has 0 saturated heterocycles. The van der Waals surface area contributed by atoms with E-state index in [1.54, 1.807) is 6.07 Å². The molecule has 1 aliphatic rings. The van der Waals surface area contributed by atoms with Crippen LogP contribution in [0.2, 0.25) is 0 Å². The Morgan fingerprint density at radius 2 is 2.19 bits per heavy atom. The topological polar surface area (TPSA) is 104 Å². The molecule has 26 heavy (non-hydrogen) atoms. The van der Waals surface area contributed by atoms with Gasteiger partial charge in [0, 0.05) is 24.6 Å². The molecule has 0 radical (unpaired) electrons. The molecule has 3 N–H and O–H groups in total. The molecule has 2 atom stereocenters. The van der Waals surface area contributed by atoms with Crippen LogP contribution < -0.4 is 5.32 Å². The number of carboxylic acid groups (broad SMARTS) is 1. The lowest BCUT2D eigenvalue weighted by molar-refractivity contribution is -0.144. The number of hydrogen-bond acceptors (Lipinski definition) is 5. The molecular formula is C18H22FN5O2. The van der Waals surface area contributed by atoms with E-state index in [1.165, 1.54) is 6.07 Å². The number of aliphatic carboxylic acids is 1. The predicted octanol–water partition coefficient (Wildman–Crippen LogP) is 2.01. The Hall–Kier alpha value is -2.61. The molecule has 0 fully saturated rings. The summed E-state index contributed by atoms with van der Waals surface area (Å²) in [6.07, 6.45) is 2.29. The average molecular weight is 359 g/mol. The summed E-state index contributed by atoms with van der Waals surface area (Å²) >= 11 is 0. The molecule has 7 nitrogen and oxygen atoms in total. The van der Waals surface area contributed by atoms with Gasteiger partial charge in [0.05, 0.1) is 5.92 Å². The van der Waals surface area contributed by atoms with Crippen LogP contribution in [0.5, 0.6) is 0 Å². The smallest absolute Gasteiger partial charge is 0.307 e. The van der Waals surface area contributed by atoms with Gasteiger partial charge < -0.3 is 10.4 Å². The fourth-order valence-electron chi connectivity index (χ4n) is 3.51. The summed E-state index contributed by atoms with van der Waals surface area (Å²) < 4.78 is 14.6. The fourth-order valence-corrected chi connectivity index (χ4v) is 3.51. The molecule has 0 aliphatic carbocycles. The molecule has 1 aromatic carbocycles. The van der Waals surface area contributed by atoms with E-state index in [-0.39, 0.29) is 11.7 Å². The lowest BCUT2D eigenvalue weighted by atomic mass is 9.79. The third-order valence-corrected chi connectivity index (χ3v) is 4.77. The lowest BCUT2D eigenvalue weighted by Crippen LogP contribution is -2.29. The Bertz CT molecular complexity index is 804. The Balaban J connectivity index is 1.89. The Labute approximate surface area is 150 Å². The van der Waals surface area contributed by atoms with Crippen molar-refractivity contribution in [3.63, 3.8) is 0 Å². The zero-order valence-corrected chi connectivity index (χ0v) is 14.7. The summed E-state index contributed by atoms with van der Waals surface area (Å²) in [6.45, 7) is 5.07. The highest BCUT2D eigenvalue weighted by molar-refractivity contribution is 5.72. The molecule has 1 aromatic heterocycles. The zero-order chi connectivity index (χ0) is 18.7. The first kappa shape index (κ1) is 18.2. The van der Waals surface area contributed by atoms with Crippen LogP contribution in [-0.4, -0.2) is 44.8 Å². The number of aromatic nitrogens is 4. The Morgan fingerprint density at radius 1 is 1.38 bits per heavy atom. The molecule has 2 heterocycles. The van der Waals surface area contributed by atoms with Crippen molar-refractivity contribution in [1.82, 2.24) is 25.9 Å². The van der Waals surface area contributed by atoms with E-state index in [4.69, 9.17) is 0 Å². The summed E-state index contributed by atoms with van der Waals surface area (Å²) in [4.78, 5) is 11.8. The third-order valence-electron chi connectivity index (χ3n) is 4.77. The molecule has 0 bridgehead atoms. The second-order valence-electron chi connectivity index (χ2n) is 6.86. The van der Waals surface area contributed by atoms with Gasteiger partial charge in [0.2, 0.25) is 0 Å². The first-order chi connectivity index (χ1) is 12.5. The van der Waals surface area contributed by atoms with Gasteiger partial charge in [-0.15, -0.1) is 10.2 Å². The van der Waals surface area contributed by atoms with Crippen molar-refractivity contribution in [3.05, 3.63) is 47.0 Å². The summed E-state index contributed by atoms with van der Waals surface area (Å²) in [5.74, 6) is -2.22. The van der Waals surface area contributed by atoms with Gasteiger partial charge in [-0.1, -0.05) is 37.3 Å². The van der Waals surface area contributed by atoms with Crippen LogP contribution in [0.1, 0.15) is 36.7 Å². The monoisotopic (exact) mass is 359 g/mol. The number of rotatable bonds is 7. The normalized spacial score (nSPS) is 16.5.